The zero-order valence-corrected chi connectivity index (χ0v) is 21.1. The number of alkyl halides is 1. The zero-order chi connectivity index (χ0) is 25.8. The van der Waals surface area contributed by atoms with E-state index in [0.29, 0.717) is 19.5 Å². The monoisotopic (exact) mass is 494 g/mol. The molecular formula is C24H39FN6O4. The van der Waals surface area contributed by atoms with Gasteiger partial charge in [-0.25, -0.2) is 9.18 Å². The maximum Gasteiger partial charge on any atom is 0.318 e. The van der Waals surface area contributed by atoms with Crippen molar-refractivity contribution in [1.82, 2.24) is 25.3 Å². The van der Waals surface area contributed by atoms with Gasteiger partial charge in [-0.1, -0.05) is 19.8 Å². The summed E-state index contributed by atoms with van der Waals surface area (Å²) in [7, 11) is 1.69. The molecule has 1 unspecified atom stereocenters. The average Bonchev–Trinajstić information content (AvgIpc) is 3.40. The molecule has 4 amide bonds. The third-order valence-electron chi connectivity index (χ3n) is 7.45. The lowest BCUT2D eigenvalue weighted by atomic mass is 9.70. The molecule has 0 radical (unpaired) electrons. The Hall–Kier alpha value is -2.69. The van der Waals surface area contributed by atoms with Crippen molar-refractivity contribution in [1.29, 1.82) is 0 Å². The summed E-state index contributed by atoms with van der Waals surface area (Å²) in [5.74, 6) is -1.05. The van der Waals surface area contributed by atoms with Crippen molar-refractivity contribution < 1.29 is 23.9 Å². The van der Waals surface area contributed by atoms with E-state index < -0.39 is 35.7 Å². The van der Waals surface area contributed by atoms with Crippen LogP contribution >= 0.6 is 0 Å². The molecule has 3 rings (SSSR count). The molecule has 1 heterocycles. The second-order valence-corrected chi connectivity index (χ2v) is 10.3. The molecule has 1 aromatic rings. The van der Waals surface area contributed by atoms with E-state index in [1.807, 2.05) is 13.8 Å². The zero-order valence-electron chi connectivity index (χ0n) is 21.1. The fraction of sp³-hybridized carbons (Fsp3) is 0.750. The molecule has 0 aromatic carbocycles. The van der Waals surface area contributed by atoms with E-state index in [0.717, 1.165) is 25.7 Å². The first-order valence-electron chi connectivity index (χ1n) is 12.5. The molecule has 35 heavy (non-hydrogen) atoms. The van der Waals surface area contributed by atoms with Gasteiger partial charge in [0.1, 0.15) is 12.2 Å². The minimum atomic E-state index is -1.68. The number of carbonyl (C=O) groups is 3. The molecule has 0 aliphatic heterocycles. The quantitative estimate of drug-likeness (QED) is 0.396. The van der Waals surface area contributed by atoms with Crippen LogP contribution in [0.2, 0.25) is 0 Å². The first-order valence-corrected chi connectivity index (χ1v) is 12.5. The second kappa shape index (κ2) is 10.9. The highest BCUT2D eigenvalue weighted by atomic mass is 19.1. The summed E-state index contributed by atoms with van der Waals surface area (Å²) in [5.41, 5.74) is -1.56. The SMILES string of the molecule is CCN(CC)C(=O)N[C@@H](CC1(C)CCCC1)C(=O)NC1(C(O)C(=O)Nc2ccn(C)n2)CC(F)C1. The predicted octanol–water partition coefficient (Wildman–Crippen LogP) is 2.10. The maximum absolute atomic E-state index is 14.0. The number of aryl methyl sites for hydroxylation is 1. The van der Waals surface area contributed by atoms with Crippen LogP contribution in [0.5, 0.6) is 0 Å². The molecule has 196 valence electrons. The Balaban J connectivity index is 1.76. The normalized spacial score (nSPS) is 24.7. The first kappa shape index (κ1) is 26.9. The van der Waals surface area contributed by atoms with Gasteiger partial charge in [0.05, 0.1) is 5.54 Å². The number of hydrogen-bond donors (Lipinski definition) is 4. The van der Waals surface area contributed by atoms with Crippen LogP contribution in [-0.2, 0) is 16.6 Å². The van der Waals surface area contributed by atoms with Crippen molar-refractivity contribution in [3.8, 4) is 0 Å². The Bertz CT molecular complexity index is 906. The Kier molecular flexibility index (Phi) is 8.40. The number of nitrogens with zero attached hydrogens (tertiary/aromatic N) is 3. The van der Waals surface area contributed by atoms with Gasteiger partial charge in [-0.3, -0.25) is 14.3 Å². The van der Waals surface area contributed by atoms with E-state index in [2.05, 4.69) is 28.0 Å². The Labute approximate surface area is 206 Å². The summed E-state index contributed by atoms with van der Waals surface area (Å²) in [5, 5.41) is 23.0. The molecule has 1 aromatic heterocycles. The average molecular weight is 495 g/mol. The molecule has 2 aliphatic carbocycles. The smallest absolute Gasteiger partial charge is 0.318 e. The van der Waals surface area contributed by atoms with Crippen LogP contribution in [0.15, 0.2) is 12.3 Å². The fourth-order valence-corrected chi connectivity index (χ4v) is 5.27. The van der Waals surface area contributed by atoms with Crippen LogP contribution in [-0.4, -0.2) is 74.6 Å². The summed E-state index contributed by atoms with van der Waals surface area (Å²) in [6.07, 6.45) is 2.78. The van der Waals surface area contributed by atoms with E-state index in [-0.39, 0.29) is 30.1 Å². The van der Waals surface area contributed by atoms with Crippen LogP contribution in [0.25, 0.3) is 0 Å². The van der Waals surface area contributed by atoms with Crippen molar-refractivity contribution in [2.24, 2.45) is 12.5 Å². The third kappa shape index (κ3) is 6.31. The lowest BCUT2D eigenvalue weighted by Gasteiger charge is -2.47. The molecule has 0 saturated heterocycles. The molecule has 0 bridgehead atoms. The number of urea groups is 1. The number of hydrogen-bond acceptors (Lipinski definition) is 5. The van der Waals surface area contributed by atoms with Crippen molar-refractivity contribution in [3.05, 3.63) is 12.3 Å². The van der Waals surface area contributed by atoms with Gasteiger partial charge in [-0.15, -0.1) is 0 Å². The van der Waals surface area contributed by atoms with Crippen LogP contribution in [0, 0.1) is 5.41 Å². The van der Waals surface area contributed by atoms with Crippen molar-refractivity contribution in [2.75, 3.05) is 18.4 Å². The van der Waals surface area contributed by atoms with E-state index in [1.165, 1.54) is 4.68 Å². The summed E-state index contributed by atoms with van der Waals surface area (Å²) < 4.78 is 15.5. The van der Waals surface area contributed by atoms with E-state index >= 15 is 0 Å². The molecule has 2 aliphatic rings. The number of aromatic nitrogens is 2. The number of amides is 4. The minimum absolute atomic E-state index is 0.108. The molecule has 10 nitrogen and oxygen atoms in total. The standard InChI is InChI=1S/C24H39FN6O4/c1-5-31(6-2)22(35)26-17(15-23(3)10-7-8-11-23)20(33)28-24(13-16(25)14-24)19(32)21(34)27-18-9-12-30(4)29-18/h9,12,16-17,19,32H,5-8,10-11,13-15H2,1-4H3,(H,26,35)(H,28,33)(H,27,29,34)/t16?,17-,19?,24?/m0/s1. The Morgan fingerprint density at radius 2 is 1.86 bits per heavy atom. The highest BCUT2D eigenvalue weighted by Gasteiger charge is 2.54. The summed E-state index contributed by atoms with van der Waals surface area (Å²) in [6, 6.07) is 0.347. The number of halogens is 1. The number of anilines is 1. The van der Waals surface area contributed by atoms with Crippen LogP contribution in [0.4, 0.5) is 15.0 Å². The largest absolute Gasteiger partial charge is 0.381 e. The van der Waals surface area contributed by atoms with Gasteiger partial charge >= 0.3 is 6.03 Å². The molecular weight excluding hydrogens is 455 g/mol. The number of nitrogens with one attached hydrogen (secondary N) is 3. The molecule has 4 N–H and O–H groups in total. The number of aliphatic hydroxyl groups is 1. The van der Waals surface area contributed by atoms with Crippen molar-refractivity contribution >= 4 is 23.7 Å². The lowest BCUT2D eigenvalue weighted by Crippen LogP contribution is -2.69. The molecule has 2 fully saturated rings. The Morgan fingerprint density at radius 3 is 2.37 bits per heavy atom. The number of carbonyl (C=O) groups excluding carboxylic acids is 3. The van der Waals surface area contributed by atoms with E-state index in [9.17, 15) is 23.9 Å². The first-order chi connectivity index (χ1) is 16.5. The summed E-state index contributed by atoms with van der Waals surface area (Å²) in [4.78, 5) is 40.6. The lowest BCUT2D eigenvalue weighted by molar-refractivity contribution is -0.140. The predicted molar refractivity (Wildman–Crippen MR) is 129 cm³/mol. The van der Waals surface area contributed by atoms with Crippen LogP contribution < -0.4 is 16.0 Å². The third-order valence-corrected chi connectivity index (χ3v) is 7.45. The highest BCUT2D eigenvalue weighted by Crippen LogP contribution is 2.42. The second-order valence-electron chi connectivity index (χ2n) is 10.3. The molecule has 11 heteroatoms. The maximum atomic E-state index is 14.0. The van der Waals surface area contributed by atoms with Gasteiger partial charge in [0, 0.05) is 45.2 Å². The molecule has 2 atom stereocenters. The van der Waals surface area contributed by atoms with Gasteiger partial charge in [-0.2, -0.15) is 5.10 Å². The van der Waals surface area contributed by atoms with Gasteiger partial charge in [0.2, 0.25) is 5.91 Å². The fourth-order valence-electron chi connectivity index (χ4n) is 5.27. The molecule has 2 saturated carbocycles. The Morgan fingerprint density at radius 1 is 1.23 bits per heavy atom. The van der Waals surface area contributed by atoms with Gasteiger partial charge in [-0.05, 0) is 38.5 Å². The topological polar surface area (TPSA) is 129 Å². The van der Waals surface area contributed by atoms with Crippen molar-refractivity contribution in [2.45, 2.75) is 89.6 Å². The van der Waals surface area contributed by atoms with Crippen molar-refractivity contribution in [3.63, 3.8) is 0 Å². The summed E-state index contributed by atoms with van der Waals surface area (Å²) >= 11 is 0. The van der Waals surface area contributed by atoms with Gasteiger partial charge in [0.25, 0.3) is 5.91 Å². The van der Waals surface area contributed by atoms with Gasteiger partial charge in [0.15, 0.2) is 11.9 Å². The highest BCUT2D eigenvalue weighted by molar-refractivity contribution is 5.95. The van der Waals surface area contributed by atoms with Gasteiger partial charge < -0.3 is 26.0 Å². The summed E-state index contributed by atoms with van der Waals surface area (Å²) in [6.45, 7) is 6.81. The number of aliphatic hydroxyl groups excluding tert-OH is 1. The van der Waals surface area contributed by atoms with E-state index in [4.69, 9.17) is 0 Å². The van der Waals surface area contributed by atoms with E-state index in [1.54, 1.807) is 24.2 Å². The van der Waals surface area contributed by atoms with Crippen LogP contribution in [0.1, 0.15) is 65.7 Å². The van der Waals surface area contributed by atoms with Crippen LogP contribution in [0.3, 0.4) is 0 Å². The molecule has 0 spiro atoms. The number of rotatable bonds is 10. The minimum Gasteiger partial charge on any atom is -0.381 e.